The Labute approximate surface area is 189 Å². The Morgan fingerprint density at radius 3 is 2.28 bits per heavy atom. The molecular formula is C24H27N3O4S. The van der Waals surface area contributed by atoms with Gasteiger partial charge in [-0.3, -0.25) is 9.52 Å². The third-order valence-electron chi connectivity index (χ3n) is 4.72. The third kappa shape index (κ3) is 6.01. The van der Waals surface area contributed by atoms with E-state index in [-0.39, 0.29) is 10.8 Å². The Morgan fingerprint density at radius 2 is 1.66 bits per heavy atom. The van der Waals surface area contributed by atoms with Gasteiger partial charge in [-0.05, 0) is 73.2 Å². The topological polar surface area (TPSA) is 87.7 Å². The van der Waals surface area contributed by atoms with Crippen LogP contribution in [0.25, 0.3) is 0 Å². The molecule has 0 aliphatic carbocycles. The first kappa shape index (κ1) is 23.1. The molecule has 7 nitrogen and oxygen atoms in total. The Kier molecular flexibility index (Phi) is 7.37. The average Bonchev–Trinajstić information content (AvgIpc) is 2.78. The maximum atomic E-state index is 12.6. The predicted octanol–water partition coefficient (Wildman–Crippen LogP) is 3.88. The lowest BCUT2D eigenvalue weighted by Crippen LogP contribution is -2.23. The molecule has 0 heterocycles. The molecule has 32 heavy (non-hydrogen) atoms. The van der Waals surface area contributed by atoms with E-state index in [0.29, 0.717) is 30.2 Å². The van der Waals surface area contributed by atoms with Crippen LogP contribution >= 0.6 is 0 Å². The number of ether oxygens (including phenoxy) is 1. The summed E-state index contributed by atoms with van der Waals surface area (Å²) in [4.78, 5) is 14.6. The van der Waals surface area contributed by atoms with Crippen molar-refractivity contribution < 1.29 is 17.9 Å². The Morgan fingerprint density at radius 1 is 0.969 bits per heavy atom. The van der Waals surface area contributed by atoms with E-state index in [2.05, 4.69) is 10.0 Å². The predicted molar refractivity (Wildman–Crippen MR) is 127 cm³/mol. The van der Waals surface area contributed by atoms with Crippen molar-refractivity contribution in [1.82, 2.24) is 5.32 Å². The first-order valence-corrected chi connectivity index (χ1v) is 11.7. The summed E-state index contributed by atoms with van der Waals surface area (Å²) in [5, 5.41) is 2.88. The van der Waals surface area contributed by atoms with Crippen LogP contribution < -0.4 is 19.7 Å². The molecule has 0 saturated carbocycles. The smallest absolute Gasteiger partial charge is 0.261 e. The van der Waals surface area contributed by atoms with Crippen LogP contribution in [0.5, 0.6) is 5.75 Å². The molecule has 3 aromatic rings. The SMILES string of the molecule is CCOc1ccc(S(=O)(=O)Nc2ccc(C(=O)NCc3cccc(N(C)C)c3)cc2)cc1. The van der Waals surface area contributed by atoms with Gasteiger partial charge in [0.05, 0.1) is 11.5 Å². The van der Waals surface area contributed by atoms with Crippen LogP contribution in [0.3, 0.4) is 0 Å². The van der Waals surface area contributed by atoms with Gasteiger partial charge in [0, 0.05) is 37.6 Å². The number of anilines is 2. The van der Waals surface area contributed by atoms with Crippen LogP contribution in [-0.4, -0.2) is 35.0 Å². The van der Waals surface area contributed by atoms with Gasteiger partial charge >= 0.3 is 0 Å². The monoisotopic (exact) mass is 453 g/mol. The first-order chi connectivity index (χ1) is 15.3. The van der Waals surface area contributed by atoms with Crippen molar-refractivity contribution in [2.24, 2.45) is 0 Å². The van der Waals surface area contributed by atoms with E-state index in [1.54, 1.807) is 36.4 Å². The molecule has 2 N–H and O–H groups in total. The van der Waals surface area contributed by atoms with Crippen molar-refractivity contribution in [3.05, 3.63) is 83.9 Å². The summed E-state index contributed by atoms with van der Waals surface area (Å²) in [6.45, 7) is 2.76. The van der Waals surface area contributed by atoms with Gasteiger partial charge in [-0.25, -0.2) is 8.42 Å². The highest BCUT2D eigenvalue weighted by Crippen LogP contribution is 2.20. The van der Waals surface area contributed by atoms with Crippen molar-refractivity contribution >= 4 is 27.3 Å². The number of hydrogen-bond donors (Lipinski definition) is 2. The second-order valence-corrected chi connectivity index (χ2v) is 9.02. The fourth-order valence-corrected chi connectivity index (χ4v) is 4.07. The third-order valence-corrected chi connectivity index (χ3v) is 6.12. The molecule has 1 amide bonds. The van der Waals surface area contributed by atoms with E-state index < -0.39 is 10.0 Å². The number of rotatable bonds is 9. The molecule has 3 aromatic carbocycles. The quantitative estimate of drug-likeness (QED) is 0.513. The molecule has 0 atom stereocenters. The molecule has 0 bridgehead atoms. The van der Waals surface area contributed by atoms with E-state index in [1.165, 1.54) is 12.1 Å². The van der Waals surface area contributed by atoms with E-state index >= 15 is 0 Å². The van der Waals surface area contributed by atoms with E-state index in [1.807, 2.05) is 50.2 Å². The number of sulfonamides is 1. The van der Waals surface area contributed by atoms with Crippen LogP contribution in [0.2, 0.25) is 0 Å². The molecule has 0 aliphatic rings. The van der Waals surface area contributed by atoms with Crippen LogP contribution in [0.4, 0.5) is 11.4 Å². The standard InChI is InChI=1S/C24H27N3O4S/c1-4-31-22-12-14-23(15-13-22)32(29,30)26-20-10-8-19(9-11-20)24(28)25-17-18-6-5-7-21(16-18)27(2)3/h5-16,26H,4,17H2,1-3H3,(H,25,28). The minimum Gasteiger partial charge on any atom is -0.494 e. The molecule has 0 saturated heterocycles. The van der Waals surface area contributed by atoms with Crippen LogP contribution in [0.15, 0.2) is 77.7 Å². The minimum absolute atomic E-state index is 0.128. The van der Waals surface area contributed by atoms with Crippen molar-refractivity contribution in [2.45, 2.75) is 18.4 Å². The number of nitrogens with zero attached hydrogens (tertiary/aromatic N) is 1. The summed E-state index contributed by atoms with van der Waals surface area (Å²) >= 11 is 0. The molecule has 8 heteroatoms. The van der Waals surface area contributed by atoms with Crippen molar-refractivity contribution in [1.29, 1.82) is 0 Å². The van der Waals surface area contributed by atoms with Crippen molar-refractivity contribution in [3.8, 4) is 5.75 Å². The molecule has 0 fully saturated rings. The molecule has 0 aliphatic heterocycles. The van der Waals surface area contributed by atoms with Gasteiger partial charge in [-0.15, -0.1) is 0 Å². The van der Waals surface area contributed by atoms with E-state index in [4.69, 9.17) is 4.74 Å². The van der Waals surface area contributed by atoms with Crippen molar-refractivity contribution in [2.75, 3.05) is 30.3 Å². The van der Waals surface area contributed by atoms with E-state index in [9.17, 15) is 13.2 Å². The number of hydrogen-bond acceptors (Lipinski definition) is 5. The number of nitrogens with one attached hydrogen (secondary N) is 2. The molecule has 3 rings (SSSR count). The van der Waals surface area contributed by atoms with Gasteiger partial charge in [-0.2, -0.15) is 0 Å². The summed E-state index contributed by atoms with van der Waals surface area (Å²) in [6.07, 6.45) is 0. The highest BCUT2D eigenvalue weighted by molar-refractivity contribution is 7.92. The second-order valence-electron chi connectivity index (χ2n) is 7.33. The molecule has 168 valence electrons. The number of carbonyl (C=O) groups excluding carboxylic acids is 1. The maximum Gasteiger partial charge on any atom is 0.261 e. The zero-order valence-electron chi connectivity index (χ0n) is 18.3. The Bertz CT molecular complexity index is 1160. The van der Waals surface area contributed by atoms with Gasteiger partial charge in [0.1, 0.15) is 5.75 Å². The van der Waals surface area contributed by atoms with Gasteiger partial charge in [0.15, 0.2) is 0 Å². The lowest BCUT2D eigenvalue weighted by atomic mass is 10.1. The summed E-state index contributed by atoms with van der Waals surface area (Å²) in [5.74, 6) is 0.372. The maximum absolute atomic E-state index is 12.6. The average molecular weight is 454 g/mol. The van der Waals surface area contributed by atoms with Crippen LogP contribution in [-0.2, 0) is 16.6 Å². The fraction of sp³-hybridized carbons (Fsp3) is 0.208. The number of benzene rings is 3. The van der Waals surface area contributed by atoms with Gasteiger partial charge < -0.3 is 15.0 Å². The van der Waals surface area contributed by atoms with Gasteiger partial charge in [-0.1, -0.05) is 12.1 Å². The van der Waals surface area contributed by atoms with Gasteiger partial charge in [0.25, 0.3) is 15.9 Å². The van der Waals surface area contributed by atoms with Crippen molar-refractivity contribution in [3.63, 3.8) is 0 Å². The van der Waals surface area contributed by atoms with Gasteiger partial charge in [0.2, 0.25) is 0 Å². The largest absolute Gasteiger partial charge is 0.494 e. The molecule has 0 unspecified atom stereocenters. The van der Waals surface area contributed by atoms with Crippen LogP contribution in [0.1, 0.15) is 22.8 Å². The summed E-state index contributed by atoms with van der Waals surface area (Å²) < 4.78 is 33.0. The van der Waals surface area contributed by atoms with E-state index in [0.717, 1.165) is 11.3 Å². The second kappa shape index (κ2) is 10.2. The normalized spacial score (nSPS) is 11.0. The Balaban J connectivity index is 1.61. The molecule has 0 aromatic heterocycles. The summed E-state index contributed by atoms with van der Waals surface area (Å²) in [6, 6.07) is 20.4. The zero-order valence-corrected chi connectivity index (χ0v) is 19.1. The number of amides is 1. The zero-order chi connectivity index (χ0) is 23.1. The summed E-state index contributed by atoms with van der Waals surface area (Å²) in [7, 11) is 0.178. The first-order valence-electron chi connectivity index (χ1n) is 10.2. The number of carbonyl (C=O) groups is 1. The van der Waals surface area contributed by atoms with Crippen LogP contribution in [0, 0.1) is 0 Å². The fourth-order valence-electron chi connectivity index (χ4n) is 3.01. The highest BCUT2D eigenvalue weighted by atomic mass is 32.2. The molecule has 0 spiro atoms. The highest BCUT2D eigenvalue weighted by Gasteiger charge is 2.15. The lowest BCUT2D eigenvalue weighted by Gasteiger charge is -2.14. The minimum atomic E-state index is -3.75. The molecular weight excluding hydrogens is 426 g/mol. The molecule has 0 radical (unpaired) electrons. The lowest BCUT2D eigenvalue weighted by molar-refractivity contribution is 0.0951. The Hall–Kier alpha value is -3.52. The summed E-state index contributed by atoms with van der Waals surface area (Å²) in [5.41, 5.74) is 2.86.